The van der Waals surface area contributed by atoms with E-state index in [1.165, 1.54) is 29.7 Å². The Kier molecular flexibility index (Phi) is 9.79. The maximum Gasteiger partial charge on any atom is 0.243 e. The molecule has 0 heterocycles. The molecule has 33 heavy (non-hydrogen) atoms. The van der Waals surface area contributed by atoms with Gasteiger partial charge in [-0.15, -0.1) is 11.8 Å². The molecule has 1 atom stereocenters. The maximum absolute atomic E-state index is 13.4. The third-order valence-corrected chi connectivity index (χ3v) is 7.17. The Bertz CT molecular complexity index is 913. The van der Waals surface area contributed by atoms with E-state index in [2.05, 4.69) is 30.4 Å². The molecule has 1 aliphatic rings. The summed E-state index contributed by atoms with van der Waals surface area (Å²) < 4.78 is 13.4. The number of nitrogens with zero attached hydrogens (tertiary/aromatic N) is 1. The summed E-state index contributed by atoms with van der Waals surface area (Å²) in [6, 6.07) is 14.1. The van der Waals surface area contributed by atoms with Gasteiger partial charge in [-0.1, -0.05) is 68.1 Å². The van der Waals surface area contributed by atoms with Gasteiger partial charge in [0.2, 0.25) is 11.8 Å². The number of amides is 2. The number of carbonyl (C=O) groups is 2. The largest absolute Gasteiger partial charge is 0.352 e. The normalized spacial score (nSPS) is 15.1. The lowest BCUT2D eigenvalue weighted by Gasteiger charge is -2.32. The van der Waals surface area contributed by atoms with E-state index in [-0.39, 0.29) is 23.7 Å². The van der Waals surface area contributed by atoms with Crippen molar-refractivity contribution in [3.8, 4) is 0 Å². The van der Waals surface area contributed by atoms with Crippen molar-refractivity contribution in [2.24, 2.45) is 0 Å². The van der Waals surface area contributed by atoms with Crippen LogP contribution in [0.15, 0.2) is 48.5 Å². The number of carbonyl (C=O) groups excluding carboxylic acids is 2. The Morgan fingerprint density at radius 1 is 1.09 bits per heavy atom. The highest BCUT2D eigenvalue weighted by Crippen LogP contribution is 2.20. The van der Waals surface area contributed by atoms with Gasteiger partial charge in [0.05, 0.1) is 5.75 Å². The van der Waals surface area contributed by atoms with Crippen LogP contribution in [0.25, 0.3) is 0 Å². The summed E-state index contributed by atoms with van der Waals surface area (Å²) >= 11 is 1.56. The molecule has 1 N–H and O–H groups in total. The minimum atomic E-state index is -0.538. The van der Waals surface area contributed by atoms with E-state index in [1.54, 1.807) is 28.8 Å². The van der Waals surface area contributed by atoms with E-state index < -0.39 is 6.04 Å². The van der Waals surface area contributed by atoms with Crippen molar-refractivity contribution in [1.29, 1.82) is 0 Å². The monoisotopic (exact) mass is 470 g/mol. The first-order valence-corrected chi connectivity index (χ1v) is 13.1. The number of thioether (sulfide) groups is 1. The molecule has 178 valence electrons. The molecule has 0 bridgehead atoms. The molecule has 2 aromatic carbocycles. The second kappa shape index (κ2) is 12.8. The predicted molar refractivity (Wildman–Crippen MR) is 133 cm³/mol. The number of nitrogens with one attached hydrogen (secondary N) is 1. The standard InChI is InChI=1S/C27H35FN2O2S/c1-3-25(27(32)29-24-10-5-4-6-11-24)30(17-21-12-14-23(28)15-13-21)26(31)19-33-18-22-9-7-8-20(2)16-22/h7-9,12-16,24-25H,3-6,10-11,17-19H2,1-2H3,(H,29,32). The minimum Gasteiger partial charge on any atom is -0.352 e. The fraction of sp³-hybridized carbons (Fsp3) is 0.481. The zero-order valence-electron chi connectivity index (χ0n) is 19.7. The number of halogens is 1. The Morgan fingerprint density at radius 2 is 1.82 bits per heavy atom. The molecule has 0 saturated heterocycles. The molecule has 2 amide bonds. The molecule has 0 radical (unpaired) electrons. The van der Waals surface area contributed by atoms with Gasteiger partial charge in [-0.25, -0.2) is 4.39 Å². The molecular formula is C27H35FN2O2S. The van der Waals surface area contributed by atoms with E-state index in [0.29, 0.717) is 18.7 Å². The van der Waals surface area contributed by atoms with Gasteiger partial charge >= 0.3 is 0 Å². The van der Waals surface area contributed by atoms with Crippen LogP contribution in [-0.4, -0.2) is 34.6 Å². The minimum absolute atomic E-state index is 0.0670. The lowest BCUT2D eigenvalue weighted by Crippen LogP contribution is -2.52. The summed E-state index contributed by atoms with van der Waals surface area (Å²) in [6.07, 6.45) is 6.02. The molecule has 1 saturated carbocycles. The van der Waals surface area contributed by atoms with Crippen LogP contribution in [-0.2, 0) is 21.9 Å². The molecule has 3 rings (SSSR count). The molecular weight excluding hydrogens is 435 g/mol. The smallest absolute Gasteiger partial charge is 0.243 e. The van der Waals surface area contributed by atoms with Crippen molar-refractivity contribution < 1.29 is 14.0 Å². The lowest BCUT2D eigenvalue weighted by molar-refractivity contribution is -0.139. The molecule has 4 nitrogen and oxygen atoms in total. The second-order valence-corrected chi connectivity index (χ2v) is 9.88. The molecule has 1 aliphatic carbocycles. The van der Waals surface area contributed by atoms with E-state index in [1.807, 2.05) is 13.0 Å². The molecule has 0 aliphatic heterocycles. The van der Waals surface area contributed by atoms with Crippen LogP contribution in [0.3, 0.4) is 0 Å². The van der Waals surface area contributed by atoms with E-state index in [9.17, 15) is 14.0 Å². The van der Waals surface area contributed by atoms with E-state index in [0.717, 1.165) is 37.0 Å². The number of rotatable bonds is 10. The first-order valence-electron chi connectivity index (χ1n) is 11.9. The lowest BCUT2D eigenvalue weighted by atomic mass is 9.95. The SMILES string of the molecule is CCC(C(=O)NC1CCCCC1)N(Cc1ccc(F)cc1)C(=O)CSCc1cccc(C)c1. The highest BCUT2D eigenvalue weighted by atomic mass is 32.2. The van der Waals surface area contributed by atoms with Crippen LogP contribution in [0, 0.1) is 12.7 Å². The quantitative estimate of drug-likeness (QED) is 0.490. The van der Waals surface area contributed by atoms with Gasteiger partial charge in [0.15, 0.2) is 0 Å². The van der Waals surface area contributed by atoms with Crippen molar-refractivity contribution in [3.63, 3.8) is 0 Å². The third-order valence-electron chi connectivity index (χ3n) is 6.18. The summed E-state index contributed by atoms with van der Waals surface area (Å²) in [5.74, 6) is 0.573. The van der Waals surface area contributed by atoms with Gasteiger partial charge in [-0.2, -0.15) is 0 Å². The molecule has 0 aromatic heterocycles. The van der Waals surface area contributed by atoms with Crippen LogP contribution < -0.4 is 5.32 Å². The molecule has 0 spiro atoms. The Balaban J connectivity index is 1.69. The Hall–Kier alpha value is -2.34. The van der Waals surface area contributed by atoms with Crippen molar-refractivity contribution in [2.45, 2.75) is 76.8 Å². The average molecular weight is 471 g/mol. The molecule has 1 fully saturated rings. The van der Waals surface area contributed by atoms with Crippen LogP contribution in [0.2, 0.25) is 0 Å². The third kappa shape index (κ3) is 7.88. The first kappa shape index (κ1) is 25.3. The van der Waals surface area contributed by atoms with Gasteiger partial charge in [0.1, 0.15) is 11.9 Å². The highest BCUT2D eigenvalue weighted by Gasteiger charge is 2.30. The summed E-state index contributed by atoms with van der Waals surface area (Å²) in [5, 5.41) is 3.19. The number of benzene rings is 2. The number of hydrogen-bond donors (Lipinski definition) is 1. The summed E-state index contributed by atoms with van der Waals surface area (Å²) in [6.45, 7) is 4.29. The van der Waals surface area contributed by atoms with Crippen LogP contribution in [0.5, 0.6) is 0 Å². The molecule has 2 aromatic rings. The first-order chi connectivity index (χ1) is 16.0. The fourth-order valence-electron chi connectivity index (χ4n) is 4.39. The van der Waals surface area contributed by atoms with E-state index in [4.69, 9.17) is 0 Å². The second-order valence-electron chi connectivity index (χ2n) is 8.90. The van der Waals surface area contributed by atoms with E-state index >= 15 is 0 Å². The van der Waals surface area contributed by atoms with Crippen molar-refractivity contribution in [3.05, 3.63) is 71.0 Å². The number of aryl methyl sites for hydroxylation is 1. The topological polar surface area (TPSA) is 49.4 Å². The molecule has 6 heteroatoms. The van der Waals surface area contributed by atoms with Crippen molar-refractivity contribution in [1.82, 2.24) is 10.2 Å². The zero-order valence-corrected chi connectivity index (χ0v) is 20.5. The van der Waals surface area contributed by atoms with Gasteiger partial charge in [-0.3, -0.25) is 9.59 Å². The van der Waals surface area contributed by atoms with Gasteiger partial charge in [0.25, 0.3) is 0 Å². The van der Waals surface area contributed by atoms with Crippen molar-refractivity contribution in [2.75, 3.05) is 5.75 Å². The zero-order chi connectivity index (χ0) is 23.6. The maximum atomic E-state index is 13.4. The van der Waals surface area contributed by atoms with Crippen LogP contribution in [0.1, 0.15) is 62.1 Å². The average Bonchev–Trinajstić information content (AvgIpc) is 2.81. The summed E-state index contributed by atoms with van der Waals surface area (Å²) in [7, 11) is 0. The summed E-state index contributed by atoms with van der Waals surface area (Å²) in [4.78, 5) is 28.2. The fourth-order valence-corrected chi connectivity index (χ4v) is 5.25. The van der Waals surface area contributed by atoms with Crippen LogP contribution in [0.4, 0.5) is 4.39 Å². The van der Waals surface area contributed by atoms with Crippen LogP contribution >= 0.6 is 11.8 Å². The van der Waals surface area contributed by atoms with Gasteiger partial charge < -0.3 is 10.2 Å². The van der Waals surface area contributed by atoms with Crippen molar-refractivity contribution >= 4 is 23.6 Å². The highest BCUT2D eigenvalue weighted by molar-refractivity contribution is 7.99. The Labute approximate surface area is 201 Å². The molecule has 1 unspecified atom stereocenters. The van der Waals surface area contributed by atoms with Gasteiger partial charge in [0, 0.05) is 18.3 Å². The predicted octanol–water partition coefficient (Wildman–Crippen LogP) is 5.62. The number of hydrogen-bond acceptors (Lipinski definition) is 3. The summed E-state index contributed by atoms with van der Waals surface area (Å²) in [5.41, 5.74) is 3.19. The van der Waals surface area contributed by atoms with Gasteiger partial charge in [-0.05, 0) is 49.4 Å². The Morgan fingerprint density at radius 3 is 2.48 bits per heavy atom.